The van der Waals surface area contributed by atoms with Crippen LogP contribution in [-0.2, 0) is 17.8 Å². The van der Waals surface area contributed by atoms with E-state index in [1.54, 1.807) is 0 Å². The molecular formula is C28H32N4O. The zero-order chi connectivity index (χ0) is 22.6. The predicted molar refractivity (Wildman–Crippen MR) is 136 cm³/mol. The van der Waals surface area contributed by atoms with Gasteiger partial charge in [0.15, 0.2) is 0 Å². The highest BCUT2D eigenvalue weighted by molar-refractivity contribution is 6.00. The van der Waals surface area contributed by atoms with E-state index in [4.69, 9.17) is 0 Å². The van der Waals surface area contributed by atoms with Crippen molar-refractivity contribution in [1.82, 2.24) is 4.90 Å². The number of benzene rings is 3. The average Bonchev–Trinajstić information content (AvgIpc) is 3.29. The molecule has 2 aliphatic heterocycles. The second kappa shape index (κ2) is 9.67. The minimum absolute atomic E-state index is 0.124. The summed E-state index contributed by atoms with van der Waals surface area (Å²) in [5, 5.41) is 3.40. The third-order valence-corrected chi connectivity index (χ3v) is 6.76. The van der Waals surface area contributed by atoms with E-state index in [1.807, 2.05) is 30.0 Å². The summed E-state index contributed by atoms with van der Waals surface area (Å²) >= 11 is 0. The molecule has 1 fully saturated rings. The normalized spacial score (nSPS) is 17.0. The van der Waals surface area contributed by atoms with Gasteiger partial charge >= 0.3 is 0 Å². The fourth-order valence-electron chi connectivity index (χ4n) is 4.89. The summed E-state index contributed by atoms with van der Waals surface area (Å²) in [7, 11) is 0. The molecule has 2 aliphatic rings. The summed E-state index contributed by atoms with van der Waals surface area (Å²) < 4.78 is 0. The van der Waals surface area contributed by atoms with E-state index < -0.39 is 0 Å². The van der Waals surface area contributed by atoms with Gasteiger partial charge in [-0.3, -0.25) is 9.69 Å². The van der Waals surface area contributed by atoms with Crippen molar-refractivity contribution in [1.29, 1.82) is 0 Å². The first-order valence-corrected chi connectivity index (χ1v) is 11.9. The number of hydrogen-bond acceptors (Lipinski definition) is 4. The van der Waals surface area contributed by atoms with Crippen LogP contribution in [-0.4, -0.2) is 49.6 Å². The molecule has 33 heavy (non-hydrogen) atoms. The molecule has 1 atom stereocenters. The van der Waals surface area contributed by atoms with E-state index in [9.17, 15) is 4.79 Å². The lowest BCUT2D eigenvalue weighted by Gasteiger charge is -2.36. The predicted octanol–water partition coefficient (Wildman–Crippen LogP) is 4.40. The van der Waals surface area contributed by atoms with Crippen LogP contribution < -0.4 is 15.1 Å². The van der Waals surface area contributed by atoms with E-state index in [1.165, 1.54) is 16.8 Å². The van der Waals surface area contributed by atoms with Gasteiger partial charge in [-0.25, -0.2) is 0 Å². The molecule has 0 bridgehead atoms. The van der Waals surface area contributed by atoms with Gasteiger partial charge < -0.3 is 15.1 Å². The van der Waals surface area contributed by atoms with Gasteiger partial charge in [0.2, 0.25) is 5.91 Å². The Labute approximate surface area is 196 Å². The third-order valence-electron chi connectivity index (χ3n) is 6.76. The molecule has 1 unspecified atom stereocenters. The molecule has 1 N–H and O–H groups in total. The summed E-state index contributed by atoms with van der Waals surface area (Å²) in [4.78, 5) is 19.9. The molecule has 1 amide bonds. The maximum absolute atomic E-state index is 13.0. The van der Waals surface area contributed by atoms with Gasteiger partial charge in [0.25, 0.3) is 0 Å². The molecule has 5 heteroatoms. The van der Waals surface area contributed by atoms with Crippen LogP contribution in [0.1, 0.15) is 18.1 Å². The summed E-state index contributed by atoms with van der Waals surface area (Å²) in [6.45, 7) is 7.93. The first-order chi connectivity index (χ1) is 16.2. The Bertz CT molecular complexity index is 1070. The molecule has 5 nitrogen and oxygen atoms in total. The van der Waals surface area contributed by atoms with Crippen molar-refractivity contribution >= 4 is 23.0 Å². The van der Waals surface area contributed by atoms with Gasteiger partial charge in [-0.15, -0.1) is 0 Å². The highest BCUT2D eigenvalue weighted by Crippen LogP contribution is 2.28. The number of carbonyl (C=O) groups excluding carboxylic acids is 1. The van der Waals surface area contributed by atoms with Gasteiger partial charge in [0, 0.05) is 56.3 Å². The number of carbonyl (C=O) groups is 1. The maximum atomic E-state index is 13.0. The fraction of sp³-hybridized carbons (Fsp3) is 0.321. The minimum Gasteiger partial charge on any atom is -0.374 e. The molecule has 5 rings (SSSR count). The quantitative estimate of drug-likeness (QED) is 0.617. The first-order valence-electron chi connectivity index (χ1n) is 11.9. The van der Waals surface area contributed by atoms with Crippen LogP contribution in [0.4, 0.5) is 17.1 Å². The Kier molecular flexibility index (Phi) is 6.31. The standard InChI is InChI=1S/C28H32N4O/c1-22(28(33)32-16-15-24-9-5-6-10-27(24)32)29-25-11-13-26(14-12-25)31-19-17-30(18-20-31)21-23-7-3-2-4-8-23/h2-14,22,29H,15-21H2,1H3. The largest absolute Gasteiger partial charge is 0.374 e. The second-order valence-electron chi connectivity index (χ2n) is 9.03. The molecular weight excluding hydrogens is 408 g/mol. The van der Waals surface area contributed by atoms with Crippen molar-refractivity contribution in [3.63, 3.8) is 0 Å². The average molecular weight is 441 g/mol. The molecule has 1 saturated heterocycles. The van der Waals surface area contributed by atoms with E-state index >= 15 is 0 Å². The van der Waals surface area contributed by atoms with Crippen LogP contribution in [0.2, 0.25) is 0 Å². The molecule has 0 radical (unpaired) electrons. The third kappa shape index (κ3) is 4.88. The van der Waals surface area contributed by atoms with Crippen LogP contribution >= 0.6 is 0 Å². The zero-order valence-corrected chi connectivity index (χ0v) is 19.3. The monoisotopic (exact) mass is 440 g/mol. The molecule has 3 aromatic carbocycles. The Hall–Kier alpha value is -3.31. The van der Waals surface area contributed by atoms with Crippen molar-refractivity contribution in [3.05, 3.63) is 90.0 Å². The topological polar surface area (TPSA) is 38.8 Å². The Morgan fingerprint density at radius 3 is 2.30 bits per heavy atom. The minimum atomic E-state index is -0.275. The molecule has 0 aromatic heterocycles. The number of hydrogen-bond donors (Lipinski definition) is 1. The first kappa shape index (κ1) is 21.5. The van der Waals surface area contributed by atoms with E-state index in [0.29, 0.717) is 0 Å². The number of nitrogens with one attached hydrogen (secondary N) is 1. The lowest BCUT2D eigenvalue weighted by Crippen LogP contribution is -2.45. The van der Waals surface area contributed by atoms with E-state index in [2.05, 4.69) is 75.8 Å². The molecule has 3 aromatic rings. The van der Waals surface area contributed by atoms with E-state index in [-0.39, 0.29) is 11.9 Å². The maximum Gasteiger partial charge on any atom is 0.249 e. The van der Waals surface area contributed by atoms with E-state index in [0.717, 1.165) is 57.1 Å². The number of fused-ring (bicyclic) bond motifs is 1. The molecule has 0 spiro atoms. The van der Waals surface area contributed by atoms with Crippen molar-refractivity contribution in [2.75, 3.05) is 47.8 Å². The Morgan fingerprint density at radius 1 is 0.848 bits per heavy atom. The zero-order valence-electron chi connectivity index (χ0n) is 19.3. The van der Waals surface area contributed by atoms with Crippen molar-refractivity contribution in [2.45, 2.75) is 25.9 Å². The lowest BCUT2D eigenvalue weighted by molar-refractivity contribution is -0.118. The van der Waals surface area contributed by atoms with Crippen LogP contribution in [0, 0.1) is 0 Å². The lowest BCUT2D eigenvalue weighted by atomic mass is 10.1. The fourth-order valence-corrected chi connectivity index (χ4v) is 4.89. The van der Waals surface area contributed by atoms with Crippen LogP contribution in [0.3, 0.4) is 0 Å². The highest BCUT2D eigenvalue weighted by Gasteiger charge is 2.27. The number of anilines is 3. The van der Waals surface area contributed by atoms with Crippen LogP contribution in [0.5, 0.6) is 0 Å². The number of nitrogens with zero attached hydrogens (tertiary/aromatic N) is 3. The van der Waals surface area contributed by atoms with Crippen molar-refractivity contribution in [2.24, 2.45) is 0 Å². The van der Waals surface area contributed by atoms with Crippen LogP contribution in [0.25, 0.3) is 0 Å². The Balaban J connectivity index is 1.14. The van der Waals surface area contributed by atoms with Gasteiger partial charge in [0.1, 0.15) is 6.04 Å². The van der Waals surface area contributed by atoms with Gasteiger partial charge in [-0.1, -0.05) is 48.5 Å². The molecule has 170 valence electrons. The summed E-state index contributed by atoms with van der Waals surface area (Å²) in [5.41, 5.74) is 5.91. The van der Waals surface area contributed by atoms with Crippen LogP contribution in [0.15, 0.2) is 78.9 Å². The van der Waals surface area contributed by atoms with Gasteiger partial charge in [0.05, 0.1) is 0 Å². The number of piperazine rings is 1. The van der Waals surface area contributed by atoms with Crippen molar-refractivity contribution in [3.8, 4) is 0 Å². The molecule has 2 heterocycles. The number of para-hydroxylation sites is 1. The summed E-state index contributed by atoms with van der Waals surface area (Å²) in [6, 6.07) is 27.1. The molecule has 0 aliphatic carbocycles. The Morgan fingerprint density at radius 2 is 1.55 bits per heavy atom. The van der Waals surface area contributed by atoms with Crippen molar-refractivity contribution < 1.29 is 4.79 Å². The second-order valence-corrected chi connectivity index (χ2v) is 9.03. The smallest absolute Gasteiger partial charge is 0.249 e. The van der Waals surface area contributed by atoms with Gasteiger partial charge in [-0.2, -0.15) is 0 Å². The number of rotatable bonds is 6. The molecule has 0 saturated carbocycles. The summed E-state index contributed by atoms with van der Waals surface area (Å²) in [5.74, 6) is 0.124. The summed E-state index contributed by atoms with van der Waals surface area (Å²) in [6.07, 6.45) is 0.932. The number of amides is 1. The SMILES string of the molecule is CC(Nc1ccc(N2CCN(Cc3ccccc3)CC2)cc1)C(=O)N1CCc2ccccc21. The highest BCUT2D eigenvalue weighted by atomic mass is 16.2. The van der Waals surface area contributed by atoms with Gasteiger partial charge in [-0.05, 0) is 54.8 Å².